The van der Waals surface area contributed by atoms with Crippen LogP contribution in [0.2, 0.25) is 0 Å². The average Bonchev–Trinajstić information content (AvgIpc) is 2.06. The van der Waals surface area contributed by atoms with Crippen molar-refractivity contribution in [3.8, 4) is 5.75 Å². The minimum absolute atomic E-state index is 0.318. The average molecular weight is 190 g/mol. The van der Waals surface area contributed by atoms with Crippen molar-refractivity contribution in [1.82, 2.24) is 0 Å². The summed E-state index contributed by atoms with van der Waals surface area (Å²) in [5.74, 6) is -1.63. The van der Waals surface area contributed by atoms with Crippen LogP contribution in [0, 0.1) is 11.6 Å². The molecule has 0 aliphatic heterocycles. The maximum atomic E-state index is 13.1. The Kier molecular flexibility index (Phi) is 2.92. The minimum Gasteiger partial charge on any atom is -0.491 e. The molecule has 0 aromatic heterocycles. The Hall–Kier alpha value is -0.770. The van der Waals surface area contributed by atoms with E-state index in [1.54, 1.807) is 6.26 Å². The molecule has 0 atom stereocenters. The zero-order chi connectivity index (χ0) is 9.14. The molecule has 0 aliphatic carbocycles. The monoisotopic (exact) mass is 190 g/mol. The van der Waals surface area contributed by atoms with Crippen LogP contribution in [0.4, 0.5) is 8.78 Å². The van der Waals surface area contributed by atoms with E-state index in [4.69, 9.17) is 0 Å². The van der Waals surface area contributed by atoms with E-state index in [1.165, 1.54) is 31.0 Å². The lowest BCUT2D eigenvalue weighted by Crippen LogP contribution is -1.93. The first-order chi connectivity index (χ1) is 5.70. The maximum absolute atomic E-state index is 13.1. The summed E-state index contributed by atoms with van der Waals surface area (Å²) in [5, 5.41) is 0. The molecule has 0 unspecified atom stereocenters. The van der Waals surface area contributed by atoms with E-state index in [0.29, 0.717) is 4.90 Å². The van der Waals surface area contributed by atoms with Crippen molar-refractivity contribution < 1.29 is 13.5 Å². The summed E-state index contributed by atoms with van der Waals surface area (Å²) in [6.07, 6.45) is 1.72. The number of ether oxygens (including phenoxy) is 1. The standard InChI is InChI=1S/C8H8F2OS/c1-11-8-5(9)3-4-6(12-2)7(8)10/h3-4H,1-2H3. The summed E-state index contributed by atoms with van der Waals surface area (Å²) < 4.78 is 30.5. The fourth-order valence-electron chi connectivity index (χ4n) is 0.859. The van der Waals surface area contributed by atoms with Crippen LogP contribution < -0.4 is 4.74 Å². The third-order valence-electron chi connectivity index (χ3n) is 1.44. The smallest absolute Gasteiger partial charge is 0.191 e. The van der Waals surface area contributed by atoms with Gasteiger partial charge in [-0.15, -0.1) is 11.8 Å². The summed E-state index contributed by atoms with van der Waals surface area (Å²) in [5.41, 5.74) is 0. The third-order valence-corrected chi connectivity index (χ3v) is 2.19. The molecule has 1 aromatic carbocycles. The fraction of sp³-hybridized carbons (Fsp3) is 0.250. The molecule has 1 rings (SSSR count). The van der Waals surface area contributed by atoms with Gasteiger partial charge in [-0.25, -0.2) is 8.78 Å². The summed E-state index contributed by atoms with van der Waals surface area (Å²) in [6, 6.07) is 2.58. The largest absolute Gasteiger partial charge is 0.491 e. The van der Waals surface area contributed by atoms with Crippen molar-refractivity contribution in [1.29, 1.82) is 0 Å². The van der Waals surface area contributed by atoms with Gasteiger partial charge in [-0.1, -0.05) is 0 Å². The van der Waals surface area contributed by atoms with E-state index < -0.39 is 11.6 Å². The second-order valence-electron chi connectivity index (χ2n) is 2.10. The lowest BCUT2D eigenvalue weighted by molar-refractivity contribution is 0.355. The van der Waals surface area contributed by atoms with Gasteiger partial charge in [0.05, 0.1) is 7.11 Å². The summed E-state index contributed by atoms with van der Waals surface area (Å²) in [7, 11) is 1.24. The van der Waals surface area contributed by atoms with E-state index in [9.17, 15) is 8.78 Å². The predicted molar refractivity (Wildman–Crippen MR) is 44.7 cm³/mol. The van der Waals surface area contributed by atoms with Crippen molar-refractivity contribution in [2.45, 2.75) is 4.90 Å². The summed E-state index contributed by atoms with van der Waals surface area (Å²) in [4.78, 5) is 0.383. The van der Waals surface area contributed by atoms with Crippen LogP contribution in [-0.4, -0.2) is 13.4 Å². The van der Waals surface area contributed by atoms with Crippen molar-refractivity contribution in [3.05, 3.63) is 23.8 Å². The molecule has 0 heterocycles. The maximum Gasteiger partial charge on any atom is 0.191 e. The topological polar surface area (TPSA) is 9.23 Å². The molecule has 0 aliphatic rings. The van der Waals surface area contributed by atoms with E-state index in [2.05, 4.69) is 4.74 Å². The Balaban J connectivity index is 3.24. The quantitative estimate of drug-likeness (QED) is 0.663. The third kappa shape index (κ3) is 1.53. The van der Waals surface area contributed by atoms with Gasteiger partial charge in [0.15, 0.2) is 17.4 Å². The van der Waals surface area contributed by atoms with Crippen molar-refractivity contribution in [2.24, 2.45) is 0 Å². The molecular weight excluding hydrogens is 182 g/mol. The number of hydrogen-bond donors (Lipinski definition) is 0. The van der Waals surface area contributed by atoms with Crippen LogP contribution in [0.5, 0.6) is 5.75 Å². The van der Waals surface area contributed by atoms with Gasteiger partial charge in [-0.05, 0) is 18.4 Å². The normalized spacial score (nSPS) is 10.0. The summed E-state index contributed by atoms with van der Waals surface area (Å²) >= 11 is 1.21. The van der Waals surface area contributed by atoms with Crippen molar-refractivity contribution in [3.63, 3.8) is 0 Å². The number of benzene rings is 1. The fourth-order valence-corrected chi connectivity index (χ4v) is 1.34. The molecule has 1 aromatic rings. The highest BCUT2D eigenvalue weighted by Gasteiger charge is 2.12. The molecule has 0 amide bonds. The highest BCUT2D eigenvalue weighted by atomic mass is 32.2. The summed E-state index contributed by atoms with van der Waals surface area (Å²) in [6.45, 7) is 0. The molecule has 4 heteroatoms. The van der Waals surface area contributed by atoms with Gasteiger partial charge in [-0.3, -0.25) is 0 Å². The number of hydrogen-bond acceptors (Lipinski definition) is 2. The first-order valence-electron chi connectivity index (χ1n) is 3.26. The number of halogens is 2. The molecule has 0 bridgehead atoms. The van der Waals surface area contributed by atoms with E-state index in [-0.39, 0.29) is 5.75 Å². The van der Waals surface area contributed by atoms with Crippen LogP contribution in [0.25, 0.3) is 0 Å². The number of thioether (sulfide) groups is 1. The lowest BCUT2D eigenvalue weighted by atomic mass is 10.3. The van der Waals surface area contributed by atoms with Gasteiger partial charge < -0.3 is 4.74 Å². The van der Waals surface area contributed by atoms with E-state index in [1.807, 2.05) is 0 Å². The first kappa shape index (κ1) is 9.32. The second-order valence-corrected chi connectivity index (χ2v) is 2.94. The molecule has 0 spiro atoms. The van der Waals surface area contributed by atoms with Gasteiger partial charge in [0.25, 0.3) is 0 Å². The van der Waals surface area contributed by atoms with Gasteiger partial charge >= 0.3 is 0 Å². The predicted octanol–water partition coefficient (Wildman–Crippen LogP) is 2.70. The van der Waals surface area contributed by atoms with Crippen LogP contribution in [-0.2, 0) is 0 Å². The van der Waals surface area contributed by atoms with Crippen LogP contribution in [0.3, 0.4) is 0 Å². The second kappa shape index (κ2) is 3.76. The molecule has 0 saturated carbocycles. The van der Waals surface area contributed by atoms with Crippen LogP contribution in [0.15, 0.2) is 17.0 Å². The highest BCUT2D eigenvalue weighted by Crippen LogP contribution is 2.29. The molecule has 1 nitrogen and oxygen atoms in total. The molecule has 0 saturated heterocycles. The van der Waals surface area contributed by atoms with Crippen molar-refractivity contribution in [2.75, 3.05) is 13.4 Å². The van der Waals surface area contributed by atoms with Gasteiger partial charge in [0, 0.05) is 4.90 Å². The van der Waals surface area contributed by atoms with Gasteiger partial charge in [0.2, 0.25) is 0 Å². The number of methoxy groups -OCH3 is 1. The molecular formula is C8H8F2OS. The van der Waals surface area contributed by atoms with Gasteiger partial charge in [-0.2, -0.15) is 0 Å². The van der Waals surface area contributed by atoms with E-state index >= 15 is 0 Å². The lowest BCUT2D eigenvalue weighted by Gasteiger charge is -2.05. The minimum atomic E-state index is -0.673. The zero-order valence-corrected chi connectivity index (χ0v) is 7.54. The SMILES string of the molecule is COc1c(F)ccc(SC)c1F. The number of rotatable bonds is 2. The highest BCUT2D eigenvalue weighted by molar-refractivity contribution is 7.98. The Morgan fingerprint density at radius 2 is 2.00 bits per heavy atom. The Labute approximate surface area is 73.7 Å². The van der Waals surface area contributed by atoms with Crippen molar-refractivity contribution >= 4 is 11.8 Å². The zero-order valence-electron chi connectivity index (χ0n) is 6.73. The van der Waals surface area contributed by atoms with Crippen LogP contribution >= 0.6 is 11.8 Å². The Bertz CT molecular complexity index is 289. The Morgan fingerprint density at radius 1 is 1.33 bits per heavy atom. The molecule has 0 fully saturated rings. The molecule has 0 radical (unpaired) electrons. The molecule has 0 N–H and O–H groups in total. The molecule has 12 heavy (non-hydrogen) atoms. The Morgan fingerprint density at radius 3 is 2.50 bits per heavy atom. The first-order valence-corrected chi connectivity index (χ1v) is 4.49. The van der Waals surface area contributed by atoms with Crippen LogP contribution in [0.1, 0.15) is 0 Å². The van der Waals surface area contributed by atoms with E-state index in [0.717, 1.165) is 0 Å². The van der Waals surface area contributed by atoms with Gasteiger partial charge in [0.1, 0.15) is 0 Å². The molecule has 66 valence electrons.